The Balaban J connectivity index is 2.27. The Kier molecular flexibility index (Phi) is 5.91. The zero-order valence-electron chi connectivity index (χ0n) is 11.2. The fraction of sp³-hybridized carbons (Fsp3) is 0.143. The second-order valence-electron chi connectivity index (χ2n) is 3.91. The summed E-state index contributed by atoms with van der Waals surface area (Å²) in [6.07, 6.45) is 0. The maximum atomic E-state index is 6.07. The molecule has 2 aromatic rings. The van der Waals surface area contributed by atoms with Crippen molar-refractivity contribution in [3.8, 4) is 11.5 Å². The van der Waals surface area contributed by atoms with E-state index in [0.29, 0.717) is 28.2 Å². The van der Waals surface area contributed by atoms with Crippen molar-refractivity contribution >= 4 is 41.7 Å². The quantitative estimate of drug-likeness (QED) is 0.615. The summed E-state index contributed by atoms with van der Waals surface area (Å²) < 4.78 is 17.0. The first-order valence-electron chi connectivity index (χ1n) is 6.17. The minimum absolute atomic E-state index is 0.353. The summed E-state index contributed by atoms with van der Waals surface area (Å²) >= 11 is 17.6. The third-order valence-electron chi connectivity index (χ3n) is 2.38. The molecule has 0 amide bonds. The van der Waals surface area contributed by atoms with Gasteiger partial charge in [0, 0.05) is 11.8 Å². The van der Waals surface area contributed by atoms with Crippen molar-refractivity contribution in [2.45, 2.75) is 6.92 Å². The summed E-state index contributed by atoms with van der Waals surface area (Å²) in [6.45, 7) is -0.887. The molecule has 0 N–H and O–H groups in total. The van der Waals surface area contributed by atoms with Crippen LogP contribution in [0.4, 0.5) is 0 Å². The van der Waals surface area contributed by atoms with Gasteiger partial charge in [-0.1, -0.05) is 47.5 Å². The average molecular weight is 363 g/mol. The summed E-state index contributed by atoms with van der Waals surface area (Å²) in [6, 6.07) is 14.0. The van der Waals surface area contributed by atoms with Crippen LogP contribution >= 0.6 is 29.9 Å². The molecule has 0 unspecified atom stereocenters. The molecule has 2 aromatic carbocycles. The predicted molar refractivity (Wildman–Crippen MR) is 90.1 cm³/mol. The highest BCUT2D eigenvalue weighted by molar-refractivity contribution is 8.07. The van der Waals surface area contributed by atoms with Gasteiger partial charge in [-0.2, -0.15) is 0 Å². The van der Waals surface area contributed by atoms with Crippen LogP contribution in [0.5, 0.6) is 11.5 Å². The molecule has 0 saturated heterocycles. The molecular formula is C14H13Cl2O3PS. The standard InChI is InChI=1S/C14H13Cl2O3PS/c1-2-17-20(21,18-13-9-5-3-7-11(13)15)19-14-10-6-4-8-12(14)16/h3-10H,2H2,1H3. The van der Waals surface area contributed by atoms with E-state index in [-0.39, 0.29) is 0 Å². The second-order valence-corrected chi connectivity index (χ2v) is 7.58. The van der Waals surface area contributed by atoms with E-state index in [1.54, 1.807) is 48.5 Å². The molecule has 112 valence electrons. The van der Waals surface area contributed by atoms with Gasteiger partial charge in [0.25, 0.3) is 0 Å². The van der Waals surface area contributed by atoms with Crippen molar-refractivity contribution in [2.24, 2.45) is 0 Å². The van der Waals surface area contributed by atoms with Crippen molar-refractivity contribution in [1.82, 2.24) is 0 Å². The first kappa shape index (κ1) is 16.6. The van der Waals surface area contributed by atoms with E-state index < -0.39 is 6.72 Å². The molecule has 0 aliphatic carbocycles. The SMILES string of the molecule is CCOP(=S)(Oc1ccccc1Cl)Oc1ccccc1Cl. The molecule has 0 radical (unpaired) electrons. The van der Waals surface area contributed by atoms with Crippen LogP contribution in [0.15, 0.2) is 48.5 Å². The number of benzene rings is 2. The van der Waals surface area contributed by atoms with Gasteiger partial charge >= 0.3 is 6.72 Å². The number of hydrogen-bond acceptors (Lipinski definition) is 4. The number of hydrogen-bond donors (Lipinski definition) is 0. The van der Waals surface area contributed by atoms with Crippen LogP contribution in [0.25, 0.3) is 0 Å². The maximum Gasteiger partial charge on any atom is 0.435 e. The summed E-state index contributed by atoms with van der Waals surface area (Å²) in [5, 5.41) is 0.878. The molecule has 3 nitrogen and oxygen atoms in total. The lowest BCUT2D eigenvalue weighted by atomic mass is 10.3. The Bertz CT molecular complexity index is 615. The zero-order valence-corrected chi connectivity index (χ0v) is 14.4. The number of rotatable bonds is 6. The fourth-order valence-electron chi connectivity index (χ4n) is 1.51. The van der Waals surface area contributed by atoms with Gasteiger partial charge in [0.15, 0.2) is 0 Å². The molecule has 0 saturated carbocycles. The predicted octanol–water partition coefficient (Wildman–Crippen LogP) is 5.71. The molecule has 0 atom stereocenters. The van der Waals surface area contributed by atoms with Crippen LogP contribution in [-0.2, 0) is 16.3 Å². The number of halogens is 2. The summed E-state index contributed by atoms with van der Waals surface area (Å²) in [5.41, 5.74) is 0. The first-order valence-corrected chi connectivity index (χ1v) is 9.48. The Morgan fingerprint density at radius 2 is 1.33 bits per heavy atom. The highest BCUT2D eigenvalue weighted by Crippen LogP contribution is 2.52. The minimum Gasteiger partial charge on any atom is -0.414 e. The molecule has 0 aromatic heterocycles. The van der Waals surface area contributed by atoms with Gasteiger partial charge in [-0.05, 0) is 31.2 Å². The van der Waals surface area contributed by atoms with E-state index in [4.69, 9.17) is 48.6 Å². The van der Waals surface area contributed by atoms with Gasteiger partial charge in [0.1, 0.15) is 11.5 Å². The highest BCUT2D eigenvalue weighted by atomic mass is 35.5. The van der Waals surface area contributed by atoms with Gasteiger partial charge < -0.3 is 9.05 Å². The van der Waals surface area contributed by atoms with Gasteiger partial charge in [0.2, 0.25) is 0 Å². The number of para-hydroxylation sites is 2. The molecule has 7 heteroatoms. The van der Waals surface area contributed by atoms with Crippen LogP contribution in [0.1, 0.15) is 6.92 Å². The van der Waals surface area contributed by atoms with E-state index in [9.17, 15) is 0 Å². The first-order chi connectivity index (χ1) is 10.0. The van der Waals surface area contributed by atoms with E-state index >= 15 is 0 Å². The van der Waals surface area contributed by atoms with Crippen LogP contribution < -0.4 is 9.05 Å². The van der Waals surface area contributed by atoms with Gasteiger partial charge in [0.05, 0.1) is 16.7 Å². The van der Waals surface area contributed by atoms with E-state index in [1.807, 2.05) is 6.92 Å². The van der Waals surface area contributed by atoms with Gasteiger partial charge in [-0.25, -0.2) is 0 Å². The Morgan fingerprint density at radius 3 is 1.71 bits per heavy atom. The van der Waals surface area contributed by atoms with Crippen molar-refractivity contribution in [2.75, 3.05) is 6.61 Å². The minimum atomic E-state index is -3.05. The maximum absolute atomic E-state index is 6.07. The van der Waals surface area contributed by atoms with E-state index in [0.717, 1.165) is 0 Å². The normalized spacial score (nSPS) is 11.2. The second kappa shape index (κ2) is 7.48. The van der Waals surface area contributed by atoms with Gasteiger partial charge in [-0.15, -0.1) is 0 Å². The summed E-state index contributed by atoms with van der Waals surface area (Å²) in [4.78, 5) is 0. The molecule has 0 heterocycles. The average Bonchev–Trinajstić information content (AvgIpc) is 2.44. The molecule has 2 rings (SSSR count). The molecule has 0 bridgehead atoms. The molecular weight excluding hydrogens is 350 g/mol. The summed E-state index contributed by atoms with van der Waals surface area (Å²) in [5.74, 6) is 0.839. The van der Waals surface area contributed by atoms with Crippen molar-refractivity contribution in [3.05, 3.63) is 58.6 Å². The van der Waals surface area contributed by atoms with Crippen molar-refractivity contribution in [1.29, 1.82) is 0 Å². The molecule has 0 spiro atoms. The smallest absolute Gasteiger partial charge is 0.414 e. The van der Waals surface area contributed by atoms with Gasteiger partial charge in [-0.3, -0.25) is 4.52 Å². The largest absolute Gasteiger partial charge is 0.435 e. The lowest BCUT2D eigenvalue weighted by Crippen LogP contribution is -2.05. The van der Waals surface area contributed by atoms with Crippen LogP contribution in [0.3, 0.4) is 0 Å². The third-order valence-corrected chi connectivity index (χ3v) is 5.18. The third kappa shape index (κ3) is 4.60. The lowest BCUT2D eigenvalue weighted by molar-refractivity contribution is 0.277. The Hall–Kier alpha value is -0.770. The van der Waals surface area contributed by atoms with E-state index in [1.165, 1.54) is 0 Å². The molecule has 21 heavy (non-hydrogen) atoms. The lowest BCUT2D eigenvalue weighted by Gasteiger charge is -2.23. The molecule has 0 aliphatic heterocycles. The van der Waals surface area contributed by atoms with Crippen LogP contribution in [-0.4, -0.2) is 6.61 Å². The zero-order chi connectivity index (χ0) is 15.3. The van der Waals surface area contributed by atoms with Crippen molar-refractivity contribution in [3.63, 3.8) is 0 Å². The Labute approximate surface area is 139 Å². The topological polar surface area (TPSA) is 27.7 Å². The Morgan fingerprint density at radius 1 is 0.905 bits per heavy atom. The summed E-state index contributed by atoms with van der Waals surface area (Å²) in [7, 11) is 0. The monoisotopic (exact) mass is 362 g/mol. The van der Waals surface area contributed by atoms with E-state index in [2.05, 4.69) is 0 Å². The van der Waals surface area contributed by atoms with Crippen LogP contribution in [0, 0.1) is 0 Å². The van der Waals surface area contributed by atoms with Crippen molar-refractivity contribution < 1.29 is 13.6 Å². The molecule has 0 aliphatic rings. The molecule has 0 fully saturated rings. The fourth-order valence-corrected chi connectivity index (χ4v) is 4.02. The highest BCUT2D eigenvalue weighted by Gasteiger charge is 2.25. The van der Waals surface area contributed by atoms with Crippen LogP contribution in [0.2, 0.25) is 10.0 Å².